The molecular weight excluding hydrogens is 203 g/mol. The molecule has 0 aliphatic heterocycles. The Morgan fingerprint density at radius 1 is 1.44 bits per heavy atom. The first-order chi connectivity index (χ1) is 7.63. The third-order valence-electron chi connectivity index (χ3n) is 2.42. The molecule has 0 heterocycles. The van der Waals surface area contributed by atoms with Crippen LogP contribution in [0, 0.1) is 5.92 Å². The van der Waals surface area contributed by atoms with E-state index >= 15 is 0 Å². The SMILES string of the molecule is C=C(/C=C\C(=C/CF)NC)NCC(C)CC. The Balaban J connectivity index is 4.03. The summed E-state index contributed by atoms with van der Waals surface area (Å²) in [5, 5.41) is 6.12. The van der Waals surface area contributed by atoms with Crippen LogP contribution >= 0.6 is 0 Å². The van der Waals surface area contributed by atoms with E-state index in [-0.39, 0.29) is 0 Å². The number of nitrogens with one attached hydrogen (secondary N) is 2. The molecule has 0 saturated heterocycles. The molecule has 0 aromatic heterocycles. The lowest BCUT2D eigenvalue weighted by Crippen LogP contribution is -2.18. The second kappa shape index (κ2) is 9.01. The van der Waals surface area contributed by atoms with Crippen LogP contribution in [-0.4, -0.2) is 20.3 Å². The summed E-state index contributed by atoms with van der Waals surface area (Å²) >= 11 is 0. The first kappa shape index (κ1) is 14.8. The van der Waals surface area contributed by atoms with Gasteiger partial charge in [-0.3, -0.25) is 0 Å². The van der Waals surface area contributed by atoms with Gasteiger partial charge in [-0.25, -0.2) is 4.39 Å². The number of likely N-dealkylation sites (N-methyl/N-ethyl adjacent to an activating group) is 1. The highest BCUT2D eigenvalue weighted by atomic mass is 19.1. The van der Waals surface area contributed by atoms with E-state index in [0.29, 0.717) is 5.92 Å². The molecule has 0 fully saturated rings. The number of allylic oxidation sites excluding steroid dienone is 3. The van der Waals surface area contributed by atoms with Gasteiger partial charge in [0.05, 0.1) is 0 Å². The van der Waals surface area contributed by atoms with Gasteiger partial charge in [0.15, 0.2) is 0 Å². The maximum atomic E-state index is 12.1. The van der Waals surface area contributed by atoms with E-state index in [9.17, 15) is 4.39 Å². The van der Waals surface area contributed by atoms with Crippen molar-refractivity contribution in [1.82, 2.24) is 10.6 Å². The minimum Gasteiger partial charge on any atom is -0.388 e. The molecule has 0 aliphatic rings. The Morgan fingerprint density at radius 3 is 2.62 bits per heavy atom. The van der Waals surface area contributed by atoms with Crippen LogP contribution in [0.1, 0.15) is 20.3 Å². The van der Waals surface area contributed by atoms with Crippen molar-refractivity contribution >= 4 is 0 Å². The number of halogens is 1. The highest BCUT2D eigenvalue weighted by molar-refractivity contribution is 5.24. The third kappa shape index (κ3) is 7.10. The molecule has 2 nitrogen and oxygen atoms in total. The maximum absolute atomic E-state index is 12.1. The molecule has 1 unspecified atom stereocenters. The second-order valence-corrected chi connectivity index (χ2v) is 3.82. The molecule has 92 valence electrons. The Bertz CT molecular complexity index is 257. The lowest BCUT2D eigenvalue weighted by atomic mass is 10.1. The highest BCUT2D eigenvalue weighted by Gasteiger charge is 1.97. The Labute approximate surface area is 98.3 Å². The number of rotatable bonds is 8. The predicted molar refractivity (Wildman–Crippen MR) is 68.9 cm³/mol. The maximum Gasteiger partial charge on any atom is 0.110 e. The van der Waals surface area contributed by atoms with Gasteiger partial charge in [0.2, 0.25) is 0 Å². The zero-order valence-corrected chi connectivity index (χ0v) is 10.5. The predicted octanol–water partition coefficient (Wildman–Crippen LogP) is 2.76. The summed E-state index contributed by atoms with van der Waals surface area (Å²) in [6.07, 6.45) is 6.29. The molecule has 0 amide bonds. The van der Waals surface area contributed by atoms with Crippen molar-refractivity contribution < 1.29 is 4.39 Å². The average Bonchev–Trinajstić information content (AvgIpc) is 2.31. The van der Waals surface area contributed by atoms with Crippen LogP contribution < -0.4 is 10.6 Å². The fourth-order valence-corrected chi connectivity index (χ4v) is 1.04. The van der Waals surface area contributed by atoms with E-state index in [1.165, 1.54) is 6.08 Å². The number of hydrogen-bond acceptors (Lipinski definition) is 2. The van der Waals surface area contributed by atoms with Crippen LogP contribution in [0.15, 0.2) is 36.2 Å². The van der Waals surface area contributed by atoms with Gasteiger partial charge in [-0.15, -0.1) is 0 Å². The number of hydrogen-bond donors (Lipinski definition) is 2. The topological polar surface area (TPSA) is 24.1 Å². The van der Waals surface area contributed by atoms with E-state index in [0.717, 1.165) is 24.4 Å². The van der Waals surface area contributed by atoms with Gasteiger partial charge in [-0.05, 0) is 24.1 Å². The van der Waals surface area contributed by atoms with Crippen molar-refractivity contribution in [2.45, 2.75) is 20.3 Å². The molecule has 0 aromatic rings. The van der Waals surface area contributed by atoms with Crippen LogP contribution in [0.3, 0.4) is 0 Å². The molecule has 16 heavy (non-hydrogen) atoms. The van der Waals surface area contributed by atoms with Crippen molar-refractivity contribution in [1.29, 1.82) is 0 Å². The average molecular weight is 226 g/mol. The Hall–Kier alpha value is -1.25. The first-order valence-corrected chi connectivity index (χ1v) is 5.68. The normalized spacial score (nSPS) is 13.9. The molecule has 0 rings (SSSR count). The summed E-state index contributed by atoms with van der Waals surface area (Å²) in [6.45, 7) is 8.68. The summed E-state index contributed by atoms with van der Waals surface area (Å²) < 4.78 is 12.1. The summed E-state index contributed by atoms with van der Waals surface area (Å²) in [7, 11) is 1.77. The molecule has 0 spiro atoms. The van der Waals surface area contributed by atoms with Gasteiger partial charge in [0, 0.05) is 25.0 Å². The quantitative estimate of drug-likeness (QED) is 0.622. The Kier molecular flexibility index (Phi) is 8.31. The molecule has 1 atom stereocenters. The summed E-state index contributed by atoms with van der Waals surface area (Å²) in [6, 6.07) is 0. The third-order valence-corrected chi connectivity index (χ3v) is 2.42. The fourth-order valence-electron chi connectivity index (χ4n) is 1.04. The fraction of sp³-hybridized carbons (Fsp3) is 0.538. The molecule has 0 radical (unpaired) electrons. The van der Waals surface area contributed by atoms with Gasteiger partial charge < -0.3 is 10.6 Å². The van der Waals surface area contributed by atoms with Crippen molar-refractivity contribution in [3.05, 3.63) is 36.2 Å². The van der Waals surface area contributed by atoms with Gasteiger partial charge in [-0.1, -0.05) is 26.8 Å². The standard InChI is InChI=1S/C13H23FN2/c1-5-11(2)10-16-12(3)6-7-13(15-4)8-9-14/h6-8,11,15-16H,3,5,9-10H2,1-2,4H3/b7-6-,13-8+. The van der Waals surface area contributed by atoms with Crippen molar-refractivity contribution in [2.24, 2.45) is 5.92 Å². The van der Waals surface area contributed by atoms with Gasteiger partial charge in [0.1, 0.15) is 6.67 Å². The van der Waals surface area contributed by atoms with Gasteiger partial charge >= 0.3 is 0 Å². The van der Waals surface area contributed by atoms with Crippen LogP contribution in [0.5, 0.6) is 0 Å². The van der Waals surface area contributed by atoms with E-state index in [4.69, 9.17) is 0 Å². The molecule has 0 bridgehead atoms. The van der Waals surface area contributed by atoms with Crippen molar-refractivity contribution in [3.8, 4) is 0 Å². The number of alkyl halides is 1. The summed E-state index contributed by atoms with van der Waals surface area (Å²) in [4.78, 5) is 0. The lowest BCUT2D eigenvalue weighted by molar-refractivity contribution is 0.533. The van der Waals surface area contributed by atoms with Crippen LogP contribution in [0.25, 0.3) is 0 Å². The molecule has 0 aliphatic carbocycles. The van der Waals surface area contributed by atoms with Crippen LogP contribution in [0.2, 0.25) is 0 Å². The van der Waals surface area contributed by atoms with E-state index in [1.54, 1.807) is 7.05 Å². The van der Waals surface area contributed by atoms with Crippen LogP contribution in [0.4, 0.5) is 4.39 Å². The summed E-state index contributed by atoms with van der Waals surface area (Å²) in [5.74, 6) is 0.635. The van der Waals surface area contributed by atoms with E-state index in [2.05, 4.69) is 31.1 Å². The smallest absolute Gasteiger partial charge is 0.110 e. The zero-order chi connectivity index (χ0) is 12.4. The summed E-state index contributed by atoms with van der Waals surface area (Å²) in [5.41, 5.74) is 1.61. The first-order valence-electron chi connectivity index (χ1n) is 5.68. The largest absolute Gasteiger partial charge is 0.388 e. The van der Waals surface area contributed by atoms with Crippen molar-refractivity contribution in [2.75, 3.05) is 20.3 Å². The van der Waals surface area contributed by atoms with E-state index < -0.39 is 6.67 Å². The molecule has 2 N–H and O–H groups in total. The molecular formula is C13H23FN2. The zero-order valence-electron chi connectivity index (χ0n) is 10.5. The van der Waals surface area contributed by atoms with E-state index in [1.807, 2.05) is 12.2 Å². The second-order valence-electron chi connectivity index (χ2n) is 3.82. The molecule has 0 aromatic carbocycles. The monoisotopic (exact) mass is 226 g/mol. The molecule has 3 heteroatoms. The minimum atomic E-state index is -0.465. The van der Waals surface area contributed by atoms with Crippen molar-refractivity contribution in [3.63, 3.8) is 0 Å². The lowest BCUT2D eigenvalue weighted by Gasteiger charge is -2.11. The minimum absolute atomic E-state index is 0.465. The van der Waals surface area contributed by atoms with Gasteiger partial charge in [-0.2, -0.15) is 0 Å². The van der Waals surface area contributed by atoms with Crippen LogP contribution in [-0.2, 0) is 0 Å². The highest BCUT2D eigenvalue weighted by Crippen LogP contribution is 2.00. The Morgan fingerprint density at radius 2 is 2.12 bits per heavy atom. The van der Waals surface area contributed by atoms with Gasteiger partial charge in [0.25, 0.3) is 0 Å². The molecule has 0 saturated carbocycles.